The van der Waals surface area contributed by atoms with Crippen molar-refractivity contribution in [3.8, 4) is 27.9 Å². The van der Waals surface area contributed by atoms with E-state index >= 15 is 0 Å². The molecule has 3 nitrogen and oxygen atoms in total. The molecule has 0 unspecified atom stereocenters. The van der Waals surface area contributed by atoms with Crippen molar-refractivity contribution in [1.82, 2.24) is 4.57 Å². The highest BCUT2D eigenvalue weighted by Crippen LogP contribution is 2.57. The van der Waals surface area contributed by atoms with Crippen LogP contribution in [0.1, 0.15) is 27.7 Å². The Bertz CT molecular complexity index is 4360. The number of nitrogens with zero attached hydrogens (tertiary/aromatic N) is 3. The third-order valence-corrected chi connectivity index (χ3v) is 14.9. The van der Waals surface area contributed by atoms with E-state index in [4.69, 9.17) is 0 Å². The molecule has 1 aliphatic rings. The lowest BCUT2D eigenvalue weighted by Gasteiger charge is -2.35. The Hall–Kier alpha value is -9.70. The summed E-state index contributed by atoms with van der Waals surface area (Å²) in [7, 11) is 0. The molecule has 13 aromatic rings. The average Bonchev–Trinajstić information content (AvgIpc) is 3.84. The molecule has 348 valence electrons. The molecular formula is C71H49N3. The van der Waals surface area contributed by atoms with Crippen LogP contribution in [0.5, 0.6) is 0 Å². The molecule has 0 N–H and O–H groups in total. The molecule has 1 aliphatic carbocycles. The monoisotopic (exact) mass is 947 g/mol. The molecule has 14 rings (SSSR count). The first kappa shape index (κ1) is 39.0. The third-order valence-electron chi connectivity index (χ3n) is 14.9. The van der Waals surface area contributed by atoms with E-state index in [1.54, 1.807) is 0 Å². The largest absolute Gasteiger partial charge is 0.310 e. The van der Waals surface area contributed by atoms with Gasteiger partial charge < -0.3 is 14.4 Å². The first-order chi connectivity index (χ1) is 38.4. The molecule has 1 heterocycles. The Balaban J connectivity index is 0.880. The van der Waals surface area contributed by atoms with Gasteiger partial charge in [0.25, 0.3) is 0 Å². The van der Waals surface area contributed by atoms with Gasteiger partial charge in [0.2, 0.25) is 0 Å². The zero-order valence-corrected chi connectivity index (χ0v) is 40.3. The Morgan fingerprint density at radius 2 is 0.811 bits per heavy atom. The van der Waals surface area contributed by atoms with Crippen LogP contribution in [0.4, 0.5) is 34.1 Å². The molecule has 12 aromatic carbocycles. The van der Waals surface area contributed by atoms with Gasteiger partial charge in [0, 0.05) is 50.6 Å². The fourth-order valence-electron chi connectivity index (χ4n) is 11.6. The van der Waals surface area contributed by atoms with Crippen molar-refractivity contribution in [3.63, 3.8) is 0 Å². The molecule has 0 bridgehead atoms. The maximum atomic E-state index is 9.86. The van der Waals surface area contributed by atoms with Gasteiger partial charge in [0.1, 0.15) is 0 Å². The summed E-state index contributed by atoms with van der Waals surface area (Å²) in [6, 6.07) is 94.0. The van der Waals surface area contributed by atoms with Gasteiger partial charge in [0.15, 0.2) is 0 Å². The number of hydrogen-bond acceptors (Lipinski definition) is 2. The molecule has 0 radical (unpaired) electrons. The number of para-hydroxylation sites is 4. The Kier molecular flexibility index (Phi) is 9.41. The van der Waals surface area contributed by atoms with Crippen molar-refractivity contribution < 1.29 is 5.48 Å². The van der Waals surface area contributed by atoms with E-state index in [2.05, 4.69) is 204 Å². The fourth-order valence-corrected chi connectivity index (χ4v) is 11.6. The van der Waals surface area contributed by atoms with Crippen LogP contribution in [0.2, 0.25) is 0 Å². The molecule has 0 spiro atoms. The van der Waals surface area contributed by atoms with Crippen LogP contribution in [0.3, 0.4) is 0 Å². The van der Waals surface area contributed by atoms with E-state index in [-0.39, 0.29) is 35.4 Å². The molecule has 3 heteroatoms. The van der Waals surface area contributed by atoms with Gasteiger partial charge in [0.05, 0.1) is 21.9 Å². The minimum absolute atomic E-state index is 0.113. The van der Waals surface area contributed by atoms with Gasteiger partial charge in [-0.25, -0.2) is 0 Å². The van der Waals surface area contributed by atoms with Gasteiger partial charge in [-0.2, -0.15) is 0 Å². The van der Waals surface area contributed by atoms with Crippen LogP contribution in [0, 0.1) is 0 Å². The van der Waals surface area contributed by atoms with E-state index < -0.39 is 5.41 Å². The lowest BCUT2D eigenvalue weighted by molar-refractivity contribution is 0.768. The van der Waals surface area contributed by atoms with Crippen molar-refractivity contribution in [2.24, 2.45) is 0 Å². The second kappa shape index (κ2) is 17.9. The quantitative estimate of drug-likeness (QED) is 0.135. The van der Waals surface area contributed by atoms with Crippen molar-refractivity contribution in [2.45, 2.75) is 5.41 Å². The third kappa shape index (κ3) is 7.04. The van der Waals surface area contributed by atoms with E-state index in [9.17, 15) is 5.48 Å². The van der Waals surface area contributed by atoms with Crippen LogP contribution in [0.25, 0.3) is 60.5 Å². The van der Waals surface area contributed by atoms with Gasteiger partial charge in [-0.1, -0.05) is 200 Å². The molecule has 0 atom stereocenters. The zero-order chi connectivity index (χ0) is 52.5. The van der Waals surface area contributed by atoms with E-state index in [0.29, 0.717) is 5.56 Å². The maximum Gasteiger partial charge on any atom is 0.0714 e. The maximum absolute atomic E-state index is 9.86. The molecule has 0 amide bonds. The van der Waals surface area contributed by atoms with Crippen LogP contribution < -0.4 is 9.80 Å². The lowest BCUT2D eigenvalue weighted by atomic mass is 9.67. The number of anilines is 6. The van der Waals surface area contributed by atoms with E-state index in [1.165, 1.54) is 16.3 Å². The summed E-state index contributed by atoms with van der Waals surface area (Å²) in [6.45, 7) is 0. The lowest BCUT2D eigenvalue weighted by Crippen LogP contribution is -2.28. The first-order valence-electron chi connectivity index (χ1n) is 27.2. The molecule has 1 aromatic heterocycles. The highest BCUT2D eigenvalue weighted by Gasteiger charge is 2.46. The normalized spacial score (nSPS) is 13.2. The van der Waals surface area contributed by atoms with Crippen LogP contribution in [-0.2, 0) is 5.41 Å². The Morgan fingerprint density at radius 3 is 1.51 bits per heavy atom. The second-order valence-electron chi connectivity index (χ2n) is 19.0. The minimum Gasteiger partial charge on any atom is -0.310 e. The second-order valence-corrected chi connectivity index (χ2v) is 19.0. The SMILES string of the molecule is [2H]c1c([2H])c(N(c2ccccc2)c2ccc3c(c2)C(c2ccccc2)(c2ccccc2)c2ccccc2-3)c([2H])c([2H])c1-c1ccc2cc(N(c3ccccc3)c3ccc4c5ccccc5n(-c5ccccc5)c4c3)ccc2c1. The minimum atomic E-state index is -0.679. The number of benzene rings is 12. The van der Waals surface area contributed by atoms with Gasteiger partial charge in [-0.3, -0.25) is 0 Å². The van der Waals surface area contributed by atoms with Gasteiger partial charge >= 0.3 is 0 Å². The van der Waals surface area contributed by atoms with Gasteiger partial charge in [-0.15, -0.1) is 0 Å². The zero-order valence-electron chi connectivity index (χ0n) is 44.3. The molecule has 0 saturated heterocycles. The number of aromatic nitrogens is 1. The smallest absolute Gasteiger partial charge is 0.0714 e. The van der Waals surface area contributed by atoms with Gasteiger partial charge in [-0.05, 0) is 152 Å². The first-order valence-corrected chi connectivity index (χ1v) is 25.2. The van der Waals surface area contributed by atoms with E-state index in [0.717, 1.165) is 83.7 Å². The van der Waals surface area contributed by atoms with Crippen molar-refractivity contribution in [2.75, 3.05) is 9.80 Å². The predicted octanol–water partition coefficient (Wildman–Crippen LogP) is 18.9. The van der Waals surface area contributed by atoms with E-state index in [1.807, 2.05) is 83.8 Å². The molecule has 0 saturated carbocycles. The number of fused-ring (bicyclic) bond motifs is 7. The summed E-state index contributed by atoms with van der Waals surface area (Å²) in [4.78, 5) is 4.18. The fraction of sp³-hybridized carbons (Fsp3) is 0.0141. The summed E-state index contributed by atoms with van der Waals surface area (Å²) >= 11 is 0. The molecule has 0 aliphatic heterocycles. The van der Waals surface area contributed by atoms with Crippen molar-refractivity contribution >= 4 is 66.7 Å². The summed E-state index contributed by atoms with van der Waals surface area (Å²) in [5, 5.41) is 4.26. The summed E-state index contributed by atoms with van der Waals surface area (Å²) in [5.74, 6) is 0. The summed E-state index contributed by atoms with van der Waals surface area (Å²) < 4.78 is 41.6. The van der Waals surface area contributed by atoms with Crippen LogP contribution in [0.15, 0.2) is 297 Å². The Morgan fingerprint density at radius 1 is 0.311 bits per heavy atom. The highest BCUT2D eigenvalue weighted by molar-refractivity contribution is 6.10. The van der Waals surface area contributed by atoms with Crippen LogP contribution in [-0.4, -0.2) is 4.57 Å². The number of hydrogen-bond donors (Lipinski definition) is 0. The topological polar surface area (TPSA) is 11.4 Å². The molecular weight excluding hydrogens is 895 g/mol. The van der Waals surface area contributed by atoms with Crippen molar-refractivity contribution in [1.29, 1.82) is 0 Å². The Labute approximate surface area is 437 Å². The number of rotatable bonds is 10. The average molecular weight is 948 g/mol. The predicted molar refractivity (Wildman–Crippen MR) is 310 cm³/mol. The highest BCUT2D eigenvalue weighted by atomic mass is 15.1. The van der Waals surface area contributed by atoms with Crippen molar-refractivity contribution in [3.05, 3.63) is 319 Å². The standard InChI is InChI=1S/C71H49N3/c1-6-20-54(21-7-1)71(55-22-8-2-9-23-55)67-32-18-16-30-63(67)64-44-42-61(48-68(64)71)72(56-24-10-3-11-25-56)59-39-36-50(37-40-59)51-34-35-53-47-60(41-38-52(53)46-51)73(57-26-12-4-13-27-57)62-43-45-66-65-31-17-19-33-69(65)74(70(66)49-62)58-28-14-5-15-29-58/h1-49H/i36D,37D,39D,40D. The van der Waals surface area contributed by atoms with Crippen LogP contribution >= 0.6 is 0 Å². The summed E-state index contributed by atoms with van der Waals surface area (Å²) in [5.41, 5.74) is 14.9. The molecule has 0 fully saturated rings. The summed E-state index contributed by atoms with van der Waals surface area (Å²) in [6.07, 6.45) is 0. The molecule has 74 heavy (non-hydrogen) atoms.